The van der Waals surface area contributed by atoms with Crippen molar-refractivity contribution < 1.29 is 42.1 Å². The number of esters is 2. The van der Waals surface area contributed by atoms with E-state index in [2.05, 4.69) is 26.0 Å². The molecule has 0 fully saturated rings. The zero-order chi connectivity index (χ0) is 43.6. The number of hydrogen-bond donors (Lipinski definition) is 1. The highest BCUT2D eigenvalue weighted by Crippen LogP contribution is 2.43. The van der Waals surface area contributed by atoms with E-state index >= 15 is 0 Å². The molecule has 0 bridgehead atoms. The Morgan fingerprint density at radius 2 is 0.864 bits per heavy atom. The van der Waals surface area contributed by atoms with Gasteiger partial charge in [-0.25, -0.2) is 4.57 Å². The summed E-state index contributed by atoms with van der Waals surface area (Å²) in [5.74, 6) is -0.795. The van der Waals surface area contributed by atoms with Gasteiger partial charge in [-0.05, 0) is 38.5 Å². The summed E-state index contributed by atoms with van der Waals surface area (Å²) in [4.78, 5) is 35.5. The molecular weight excluding hydrogens is 762 g/mol. The number of likely N-dealkylation sites (N-methyl/N-ethyl adjacent to an activating group) is 1. The fraction of sp³-hybridized carbons (Fsp3) is 0.918. The molecule has 0 amide bonds. The van der Waals surface area contributed by atoms with Crippen LogP contribution in [0.1, 0.15) is 239 Å². The van der Waals surface area contributed by atoms with Gasteiger partial charge in [0.1, 0.15) is 19.8 Å². The molecule has 0 heterocycles. The van der Waals surface area contributed by atoms with Crippen LogP contribution in [0.5, 0.6) is 0 Å². The fourth-order valence-electron chi connectivity index (χ4n) is 7.13. The number of phosphoric ester groups is 1. The smallest absolute Gasteiger partial charge is 0.462 e. The molecule has 9 nitrogen and oxygen atoms in total. The molecule has 0 aromatic rings. The summed E-state index contributed by atoms with van der Waals surface area (Å²) >= 11 is 0. The van der Waals surface area contributed by atoms with Crippen LogP contribution in [0, 0.1) is 0 Å². The molecule has 0 saturated heterocycles. The van der Waals surface area contributed by atoms with Crippen LogP contribution in [0.4, 0.5) is 0 Å². The zero-order valence-electron chi connectivity index (χ0n) is 39.5. The molecule has 0 aliphatic carbocycles. The molecule has 0 aromatic carbocycles. The molecule has 0 radical (unpaired) electrons. The van der Waals surface area contributed by atoms with Crippen LogP contribution in [0.25, 0.3) is 0 Å². The van der Waals surface area contributed by atoms with E-state index in [-0.39, 0.29) is 32.0 Å². The van der Waals surface area contributed by atoms with Crippen LogP contribution in [0.3, 0.4) is 0 Å². The predicted molar refractivity (Wildman–Crippen MR) is 248 cm³/mol. The van der Waals surface area contributed by atoms with E-state index in [1.54, 1.807) is 0 Å². The minimum Gasteiger partial charge on any atom is -0.462 e. The minimum absolute atomic E-state index is 0.0338. The third kappa shape index (κ3) is 46.1. The van der Waals surface area contributed by atoms with Gasteiger partial charge in [0.05, 0.1) is 27.7 Å². The third-order valence-electron chi connectivity index (χ3n) is 11.0. The van der Waals surface area contributed by atoms with Gasteiger partial charge in [0.2, 0.25) is 0 Å². The van der Waals surface area contributed by atoms with Crippen LogP contribution >= 0.6 is 7.82 Å². The van der Waals surface area contributed by atoms with Crippen molar-refractivity contribution in [3.8, 4) is 0 Å². The van der Waals surface area contributed by atoms with Crippen molar-refractivity contribution in [2.45, 2.75) is 245 Å². The Balaban J connectivity index is 4.22. The molecule has 2 atom stereocenters. The van der Waals surface area contributed by atoms with E-state index < -0.39 is 26.5 Å². The number of phosphoric acid groups is 1. The second-order valence-corrected chi connectivity index (χ2v) is 19.7. The molecule has 59 heavy (non-hydrogen) atoms. The van der Waals surface area contributed by atoms with Gasteiger partial charge in [-0.1, -0.05) is 199 Å². The van der Waals surface area contributed by atoms with Gasteiger partial charge < -0.3 is 18.9 Å². The summed E-state index contributed by atoms with van der Waals surface area (Å²) in [5.41, 5.74) is 0. The van der Waals surface area contributed by atoms with Crippen LogP contribution in [0.2, 0.25) is 0 Å². The Labute approximate surface area is 365 Å². The first-order chi connectivity index (χ1) is 28.5. The quantitative estimate of drug-likeness (QED) is 0.0212. The van der Waals surface area contributed by atoms with E-state index in [1.807, 2.05) is 21.1 Å². The first-order valence-corrected chi connectivity index (χ1v) is 26.4. The van der Waals surface area contributed by atoms with Gasteiger partial charge in [-0.3, -0.25) is 18.6 Å². The lowest BCUT2D eigenvalue weighted by Crippen LogP contribution is -2.37. The number of hydrogen-bond acceptors (Lipinski definition) is 7. The summed E-state index contributed by atoms with van der Waals surface area (Å²) < 4.78 is 34.4. The minimum atomic E-state index is -4.37. The Kier molecular flexibility index (Phi) is 41.2. The van der Waals surface area contributed by atoms with Gasteiger partial charge in [-0.15, -0.1) is 0 Å². The number of allylic oxidation sites excluding steroid dienone is 2. The lowest BCUT2D eigenvalue weighted by Gasteiger charge is -2.24. The van der Waals surface area contributed by atoms with Crippen molar-refractivity contribution >= 4 is 19.8 Å². The van der Waals surface area contributed by atoms with Crippen molar-refractivity contribution in [2.75, 3.05) is 47.5 Å². The zero-order valence-corrected chi connectivity index (χ0v) is 40.4. The van der Waals surface area contributed by atoms with E-state index in [9.17, 15) is 19.0 Å². The number of rotatable bonds is 46. The summed E-state index contributed by atoms with van der Waals surface area (Å²) in [5, 5.41) is 0. The first-order valence-electron chi connectivity index (χ1n) is 24.9. The van der Waals surface area contributed by atoms with Crippen LogP contribution in [-0.2, 0) is 32.7 Å². The number of ether oxygens (including phenoxy) is 2. The van der Waals surface area contributed by atoms with Crippen molar-refractivity contribution in [1.82, 2.24) is 0 Å². The summed E-state index contributed by atoms with van der Waals surface area (Å²) in [6.45, 7) is 4.45. The lowest BCUT2D eigenvalue weighted by molar-refractivity contribution is -0.870. The second-order valence-electron chi connectivity index (χ2n) is 18.2. The van der Waals surface area contributed by atoms with Gasteiger partial charge in [0.25, 0.3) is 0 Å². The number of carbonyl (C=O) groups excluding carboxylic acids is 2. The van der Waals surface area contributed by atoms with E-state index in [1.165, 1.54) is 154 Å². The normalized spacial score (nSPS) is 13.5. The van der Waals surface area contributed by atoms with Gasteiger partial charge in [0, 0.05) is 12.8 Å². The largest absolute Gasteiger partial charge is 0.472 e. The van der Waals surface area contributed by atoms with Gasteiger partial charge >= 0.3 is 19.8 Å². The van der Waals surface area contributed by atoms with Gasteiger partial charge in [-0.2, -0.15) is 0 Å². The first kappa shape index (κ1) is 57.8. The molecule has 350 valence electrons. The molecule has 0 rings (SSSR count). The third-order valence-corrected chi connectivity index (χ3v) is 12.0. The Bertz CT molecular complexity index is 1020. The molecule has 0 spiro atoms. The molecule has 0 aromatic heterocycles. The molecule has 10 heteroatoms. The van der Waals surface area contributed by atoms with E-state index in [0.29, 0.717) is 17.4 Å². The number of quaternary nitrogens is 1. The van der Waals surface area contributed by atoms with E-state index in [0.717, 1.165) is 51.4 Å². The van der Waals surface area contributed by atoms with Crippen LogP contribution in [-0.4, -0.2) is 74.9 Å². The van der Waals surface area contributed by atoms with Crippen LogP contribution in [0.15, 0.2) is 12.2 Å². The average Bonchev–Trinajstić information content (AvgIpc) is 3.19. The molecule has 1 N–H and O–H groups in total. The average molecular weight is 859 g/mol. The van der Waals surface area contributed by atoms with Crippen LogP contribution < -0.4 is 0 Å². The molecule has 0 aliphatic rings. The topological polar surface area (TPSA) is 108 Å². The second kappa shape index (κ2) is 42.1. The van der Waals surface area contributed by atoms with Crippen molar-refractivity contribution in [2.24, 2.45) is 0 Å². The van der Waals surface area contributed by atoms with E-state index in [4.69, 9.17) is 18.5 Å². The highest BCUT2D eigenvalue weighted by molar-refractivity contribution is 7.47. The monoisotopic (exact) mass is 859 g/mol. The maximum absolute atomic E-state index is 12.7. The summed E-state index contributed by atoms with van der Waals surface area (Å²) in [6, 6.07) is 0. The maximum atomic E-state index is 12.7. The molecule has 1 unspecified atom stereocenters. The van der Waals surface area contributed by atoms with Crippen molar-refractivity contribution in [3.63, 3.8) is 0 Å². The number of unbranched alkanes of at least 4 members (excludes halogenated alkanes) is 30. The maximum Gasteiger partial charge on any atom is 0.472 e. The number of carbonyl (C=O) groups is 2. The highest BCUT2D eigenvalue weighted by Gasteiger charge is 2.27. The Morgan fingerprint density at radius 1 is 0.508 bits per heavy atom. The Morgan fingerprint density at radius 3 is 1.25 bits per heavy atom. The molecule has 0 aliphatic heterocycles. The predicted octanol–water partition coefficient (Wildman–Crippen LogP) is 14.5. The molecule has 0 saturated carbocycles. The Hall–Kier alpha value is -1.25. The summed E-state index contributed by atoms with van der Waals surface area (Å²) in [7, 11) is 1.49. The van der Waals surface area contributed by atoms with Gasteiger partial charge in [0.15, 0.2) is 6.10 Å². The van der Waals surface area contributed by atoms with Crippen molar-refractivity contribution in [3.05, 3.63) is 12.2 Å². The summed E-state index contributed by atoms with van der Waals surface area (Å²) in [6.07, 6.45) is 45.5. The lowest BCUT2D eigenvalue weighted by atomic mass is 10.0. The standard InChI is InChI=1S/C49H96NO8P/c1-6-8-10-12-14-16-18-20-22-23-24-25-26-27-28-30-32-34-36-38-40-42-49(52)58-47(46-57-59(53,54)56-44-43-50(3,4)5)45-55-48(51)41-39-37-35-33-31-29-21-19-17-15-13-11-9-7-2/h19,21,47H,6-18,20,22-46H2,1-5H3/p+1/b21-19+/t47-/m1/s1. The van der Waals surface area contributed by atoms with Crippen molar-refractivity contribution in [1.29, 1.82) is 0 Å². The molecular formula is C49H97NO8P+. The fourth-order valence-corrected chi connectivity index (χ4v) is 7.87. The highest BCUT2D eigenvalue weighted by atomic mass is 31.2. The SMILES string of the molecule is CCCCCCC/C=C/CCCCCCCC(=O)OC[C@H](COP(=O)(O)OCC[N+](C)(C)C)OC(=O)CCCCCCCCCCCCCCCCCCCCCCC. The number of nitrogens with zero attached hydrogens (tertiary/aromatic N) is 1.